The highest BCUT2D eigenvalue weighted by atomic mass is 16.7. The molecule has 15 atom stereocenters. The van der Waals surface area contributed by atoms with Crippen LogP contribution >= 0.6 is 0 Å². The van der Waals surface area contributed by atoms with E-state index in [0.29, 0.717) is 6.42 Å². The lowest BCUT2D eigenvalue weighted by molar-refractivity contribution is -0.300. The van der Waals surface area contributed by atoms with Gasteiger partial charge in [-0.3, -0.25) is 4.79 Å². The van der Waals surface area contributed by atoms with Gasteiger partial charge in [0, 0.05) is 17.9 Å². The van der Waals surface area contributed by atoms with Crippen LogP contribution in [0.3, 0.4) is 0 Å². The van der Waals surface area contributed by atoms with Gasteiger partial charge >= 0.3 is 5.97 Å². The molecule has 0 aromatic rings. The first-order chi connectivity index (χ1) is 18.3. The van der Waals surface area contributed by atoms with Gasteiger partial charge in [0.15, 0.2) is 6.29 Å². The maximum atomic E-state index is 13.2. The zero-order valence-electron chi connectivity index (χ0n) is 25.9. The molecule has 11 heteroatoms. The average molecular weight is 578 g/mol. The van der Waals surface area contributed by atoms with Crippen LogP contribution in [0.2, 0.25) is 0 Å². The number of ether oxygens (including phenoxy) is 3. The van der Waals surface area contributed by atoms with Crippen LogP contribution in [0, 0.1) is 23.7 Å². The van der Waals surface area contributed by atoms with Crippen molar-refractivity contribution < 1.29 is 49.6 Å². The second-order valence-corrected chi connectivity index (χ2v) is 13.2. The zero-order valence-corrected chi connectivity index (χ0v) is 25.9. The Kier molecular flexibility index (Phi) is 12.0. The average Bonchev–Trinajstić information content (AvgIpc) is 2.87. The van der Waals surface area contributed by atoms with Crippen LogP contribution in [-0.2, 0) is 19.0 Å². The van der Waals surface area contributed by atoms with Crippen molar-refractivity contribution in [1.29, 1.82) is 0 Å². The lowest BCUT2D eigenvalue weighted by Crippen LogP contribution is -2.60. The molecule has 6 N–H and O–H groups in total. The minimum Gasteiger partial charge on any atom is -0.459 e. The first-order valence-corrected chi connectivity index (χ1v) is 14.6. The summed E-state index contributed by atoms with van der Waals surface area (Å²) in [7, 11) is 3.69. The lowest BCUT2D eigenvalue weighted by atomic mass is 9.73. The molecule has 0 saturated carbocycles. The molecule has 0 unspecified atom stereocenters. The highest BCUT2D eigenvalue weighted by molar-refractivity contribution is 5.73. The maximum Gasteiger partial charge on any atom is 0.311 e. The van der Waals surface area contributed by atoms with Gasteiger partial charge in [-0.1, -0.05) is 27.7 Å². The Labute approximate surface area is 239 Å². The van der Waals surface area contributed by atoms with E-state index in [-0.39, 0.29) is 25.0 Å². The fraction of sp³-hybridized carbons (Fsp3) is 0.966. The number of hydrogen-bond acceptors (Lipinski definition) is 11. The predicted molar refractivity (Wildman–Crippen MR) is 148 cm³/mol. The van der Waals surface area contributed by atoms with E-state index in [1.54, 1.807) is 27.7 Å². The van der Waals surface area contributed by atoms with Gasteiger partial charge in [-0.15, -0.1) is 0 Å². The van der Waals surface area contributed by atoms with Crippen LogP contribution in [0.5, 0.6) is 0 Å². The number of carbonyl (C=O) groups is 1. The van der Waals surface area contributed by atoms with Crippen molar-refractivity contribution in [3.63, 3.8) is 0 Å². The van der Waals surface area contributed by atoms with E-state index < -0.39 is 83.8 Å². The number of carbonyl (C=O) groups excluding carboxylic acids is 1. The zero-order chi connectivity index (χ0) is 30.9. The molecular weight excluding hydrogens is 522 g/mol. The van der Waals surface area contributed by atoms with Gasteiger partial charge in [0.1, 0.15) is 17.8 Å². The minimum absolute atomic E-state index is 0.0133. The van der Waals surface area contributed by atoms with E-state index in [0.717, 1.165) is 0 Å². The number of likely N-dealkylation sites (N-methyl/N-ethyl adjacent to an activating group) is 1. The number of aliphatic hydroxyl groups is 6. The van der Waals surface area contributed by atoms with E-state index in [1.165, 1.54) is 20.8 Å². The molecule has 0 bridgehead atoms. The molecule has 11 nitrogen and oxygen atoms in total. The second-order valence-electron chi connectivity index (χ2n) is 13.2. The van der Waals surface area contributed by atoms with Crippen molar-refractivity contribution in [3.8, 4) is 0 Å². The van der Waals surface area contributed by atoms with Crippen molar-refractivity contribution >= 4 is 5.97 Å². The quantitative estimate of drug-likeness (QED) is 0.259. The fourth-order valence-corrected chi connectivity index (χ4v) is 6.59. The topological polar surface area (TPSA) is 169 Å². The monoisotopic (exact) mass is 577 g/mol. The summed E-state index contributed by atoms with van der Waals surface area (Å²) in [6.45, 7) is 12.9. The molecule has 0 aromatic heterocycles. The molecule has 2 saturated heterocycles. The van der Waals surface area contributed by atoms with Crippen molar-refractivity contribution in [1.82, 2.24) is 4.90 Å². The number of aliphatic hydroxyl groups excluding tert-OH is 4. The van der Waals surface area contributed by atoms with Crippen LogP contribution in [-0.4, -0.2) is 122 Å². The van der Waals surface area contributed by atoms with Gasteiger partial charge in [0.25, 0.3) is 0 Å². The summed E-state index contributed by atoms with van der Waals surface area (Å²) in [5, 5.41) is 67.8. The van der Waals surface area contributed by atoms with Crippen LogP contribution in [0.1, 0.15) is 74.7 Å². The summed E-state index contributed by atoms with van der Waals surface area (Å²) < 4.78 is 17.9. The summed E-state index contributed by atoms with van der Waals surface area (Å²) >= 11 is 0. The summed E-state index contributed by atoms with van der Waals surface area (Å²) in [6.07, 6.45) is -7.86. The molecule has 40 heavy (non-hydrogen) atoms. The predicted octanol–water partition coefficient (Wildman–Crippen LogP) is 0.652. The van der Waals surface area contributed by atoms with E-state index in [2.05, 4.69) is 0 Å². The highest BCUT2D eigenvalue weighted by Crippen LogP contribution is 2.38. The molecule has 0 radical (unpaired) electrons. The summed E-state index contributed by atoms with van der Waals surface area (Å²) in [6, 6.07) is -0.270. The summed E-state index contributed by atoms with van der Waals surface area (Å²) in [4.78, 5) is 15.1. The second kappa shape index (κ2) is 13.6. The third-order valence-electron chi connectivity index (χ3n) is 9.31. The molecule has 2 aliphatic rings. The van der Waals surface area contributed by atoms with Gasteiger partial charge in [-0.25, -0.2) is 0 Å². The van der Waals surface area contributed by atoms with Crippen LogP contribution < -0.4 is 0 Å². The Balaban J connectivity index is 2.54. The molecule has 2 aliphatic heterocycles. The summed E-state index contributed by atoms with van der Waals surface area (Å²) in [5.41, 5.74) is -3.56. The first-order valence-electron chi connectivity index (χ1n) is 14.6. The van der Waals surface area contributed by atoms with Crippen LogP contribution in [0.25, 0.3) is 0 Å². The van der Waals surface area contributed by atoms with Gasteiger partial charge in [0.05, 0.1) is 42.0 Å². The highest BCUT2D eigenvalue weighted by Gasteiger charge is 2.51. The molecule has 2 rings (SSSR count). The standard InChI is InChI=1S/C29H55NO10/c1-11-20-29(8,37)24(34)16(4)21(31)14(2)13-28(7,36)25(17(5)22(32)18(6)26(35)39-20)40-27-23(33)19(30(9)10)12-15(3)38-27/h14-25,27,31-34,36-37H,11-13H2,1-10H3/t14-,15-,16+,17+,18-,19+,20-,21+,22+,23-,24-,25-,27+,28-,29-/m1/s1. The first kappa shape index (κ1) is 35.3. The molecule has 2 heterocycles. The van der Waals surface area contributed by atoms with Crippen molar-refractivity contribution in [2.45, 2.75) is 141 Å². The Morgan fingerprint density at radius 1 is 0.950 bits per heavy atom. The Morgan fingerprint density at radius 3 is 2.05 bits per heavy atom. The summed E-state index contributed by atoms with van der Waals surface area (Å²) in [5.74, 6) is -4.14. The molecule has 236 valence electrons. The molecule has 2 fully saturated rings. The normalized spacial score (nSPS) is 50.3. The smallest absolute Gasteiger partial charge is 0.311 e. The molecule has 0 aromatic carbocycles. The van der Waals surface area contributed by atoms with Crippen LogP contribution in [0.4, 0.5) is 0 Å². The lowest BCUT2D eigenvalue weighted by Gasteiger charge is -2.47. The van der Waals surface area contributed by atoms with Gasteiger partial charge in [-0.2, -0.15) is 0 Å². The van der Waals surface area contributed by atoms with Crippen molar-refractivity contribution in [3.05, 3.63) is 0 Å². The number of cyclic esters (lactones) is 1. The minimum atomic E-state index is -1.88. The molecular formula is C29H55NO10. The SMILES string of the molecule is CC[C@H]1OC(=O)[C@H](C)[C@@H](O)[C@H](C)[C@@H](O[C@@H]2O[C@H](C)C[C@H](N(C)C)[C@H]2O)[C@](C)(O)C[C@@H](C)[C@H](O)[C@H](C)[C@@H](O)[C@]1(C)O. The third kappa shape index (κ3) is 7.54. The molecule has 0 aliphatic carbocycles. The largest absolute Gasteiger partial charge is 0.459 e. The van der Waals surface area contributed by atoms with E-state index in [1.807, 2.05) is 25.9 Å². The van der Waals surface area contributed by atoms with E-state index in [9.17, 15) is 35.4 Å². The van der Waals surface area contributed by atoms with Crippen molar-refractivity contribution in [2.75, 3.05) is 14.1 Å². The number of rotatable bonds is 4. The van der Waals surface area contributed by atoms with Crippen molar-refractivity contribution in [2.24, 2.45) is 23.7 Å². The number of nitrogens with zero attached hydrogens (tertiary/aromatic N) is 1. The Morgan fingerprint density at radius 2 is 1.52 bits per heavy atom. The van der Waals surface area contributed by atoms with E-state index >= 15 is 0 Å². The number of hydrogen-bond donors (Lipinski definition) is 6. The van der Waals surface area contributed by atoms with E-state index in [4.69, 9.17) is 14.2 Å². The maximum absolute atomic E-state index is 13.2. The Bertz CT molecular complexity index is 823. The Hall–Kier alpha value is -0.890. The molecule has 0 amide bonds. The molecule has 0 spiro atoms. The van der Waals surface area contributed by atoms with Gasteiger partial charge in [0.2, 0.25) is 0 Å². The van der Waals surface area contributed by atoms with Gasteiger partial charge in [-0.05, 0) is 67.0 Å². The third-order valence-corrected chi connectivity index (χ3v) is 9.31. The van der Waals surface area contributed by atoms with Gasteiger partial charge < -0.3 is 49.7 Å². The number of esters is 1. The fourth-order valence-electron chi connectivity index (χ4n) is 6.59. The van der Waals surface area contributed by atoms with Crippen LogP contribution in [0.15, 0.2) is 0 Å².